The van der Waals surface area contributed by atoms with Gasteiger partial charge >= 0.3 is 11.9 Å². The lowest BCUT2D eigenvalue weighted by atomic mass is 10.0. The first-order chi connectivity index (χ1) is 15.2. The van der Waals surface area contributed by atoms with Crippen LogP contribution in [0.25, 0.3) is 10.9 Å². The summed E-state index contributed by atoms with van der Waals surface area (Å²) in [5.74, 6) is -0.743. The van der Waals surface area contributed by atoms with Crippen molar-refractivity contribution in [2.45, 2.75) is 85.8 Å². The Morgan fingerprint density at radius 2 is 1.67 bits per heavy atom. The molecule has 0 saturated carbocycles. The average Bonchev–Trinajstić information content (AvgIpc) is 3.11. The molecule has 0 aliphatic carbocycles. The molecule has 1 N–H and O–H groups in total. The minimum Gasteiger partial charge on any atom is -0.460 e. The smallest absolute Gasteiger partial charge is 0.342 e. The third-order valence-electron chi connectivity index (χ3n) is 4.77. The highest BCUT2D eigenvalue weighted by Gasteiger charge is 2.36. The highest BCUT2D eigenvalue weighted by molar-refractivity contribution is 9.06. The van der Waals surface area contributed by atoms with Crippen LogP contribution in [0.1, 0.15) is 73.3 Å². The van der Waals surface area contributed by atoms with E-state index in [2.05, 4.69) is 50.2 Å². The molecule has 1 heterocycles. The van der Waals surface area contributed by atoms with Crippen LogP contribution < -0.4 is 0 Å². The highest BCUT2D eigenvalue weighted by atomic mass is 79.9. The van der Waals surface area contributed by atoms with Crippen molar-refractivity contribution in [1.29, 1.82) is 0 Å². The number of carbonyl (C=O) groups excluding carboxylic acids is 3. The number of aromatic amines is 1. The molecular weight excluding hydrogens is 488 g/mol. The number of unbranched alkanes of at least 4 members (excludes halogenated alkanes) is 1. The Bertz CT molecular complexity index is 900. The Labute approximate surface area is 206 Å². The van der Waals surface area contributed by atoms with E-state index in [0.717, 1.165) is 12.8 Å². The first-order valence-corrected chi connectivity index (χ1v) is 11.6. The van der Waals surface area contributed by atoms with Crippen LogP contribution in [0, 0.1) is 6.92 Å². The van der Waals surface area contributed by atoms with Gasteiger partial charge in [0.2, 0.25) is 5.91 Å². The lowest BCUT2D eigenvalue weighted by molar-refractivity contribution is -0.152. The van der Waals surface area contributed by atoms with Gasteiger partial charge in [0, 0.05) is 37.5 Å². The third-order valence-corrected chi connectivity index (χ3v) is 5.07. The van der Waals surface area contributed by atoms with Crippen molar-refractivity contribution >= 4 is 45.0 Å². The molecule has 0 saturated heterocycles. The Hall–Kier alpha value is -2.35. The van der Waals surface area contributed by atoms with Crippen molar-refractivity contribution in [3.63, 3.8) is 0 Å². The SMILES string of the molecule is CC(=O)OC(C)(C)C.CCCCC(=O)N(C)C(C)(C)C(=O)OBr.Cc1c[nH]c2ccccc12. The number of halogens is 1. The molecule has 0 spiro atoms. The lowest BCUT2D eigenvalue weighted by Crippen LogP contribution is -2.50. The van der Waals surface area contributed by atoms with Crippen LogP contribution in [0.15, 0.2) is 30.5 Å². The zero-order valence-corrected chi connectivity index (χ0v) is 23.0. The van der Waals surface area contributed by atoms with E-state index < -0.39 is 11.5 Å². The molecule has 1 aromatic carbocycles. The first kappa shape index (κ1) is 30.7. The Balaban J connectivity index is 0.000000492. The van der Waals surface area contributed by atoms with Gasteiger partial charge in [0.05, 0.1) is 0 Å². The van der Waals surface area contributed by atoms with Crippen molar-refractivity contribution in [1.82, 2.24) is 9.88 Å². The van der Waals surface area contributed by atoms with Gasteiger partial charge in [-0.3, -0.25) is 9.59 Å². The molecule has 0 radical (unpaired) electrons. The number of esters is 1. The normalized spacial score (nSPS) is 10.8. The van der Waals surface area contributed by atoms with Crippen molar-refractivity contribution < 1.29 is 22.9 Å². The second-order valence-corrected chi connectivity index (χ2v) is 9.53. The molecule has 1 aromatic heterocycles. The van der Waals surface area contributed by atoms with Crippen LogP contribution in [0.5, 0.6) is 0 Å². The number of hydrogen-bond acceptors (Lipinski definition) is 5. The molecule has 33 heavy (non-hydrogen) atoms. The number of ether oxygens (including phenoxy) is 1. The van der Waals surface area contributed by atoms with E-state index in [-0.39, 0.29) is 17.5 Å². The summed E-state index contributed by atoms with van der Waals surface area (Å²) in [5.41, 5.74) is 1.27. The number of rotatable bonds is 5. The fourth-order valence-electron chi connectivity index (χ4n) is 2.69. The molecule has 0 aliphatic rings. The number of likely N-dealkylation sites (N-methyl/N-ethyl adjacent to an activating group) is 1. The van der Waals surface area contributed by atoms with Crippen LogP contribution in [-0.2, 0) is 22.9 Å². The van der Waals surface area contributed by atoms with E-state index in [1.807, 2.05) is 40.0 Å². The minimum atomic E-state index is -0.936. The van der Waals surface area contributed by atoms with E-state index in [9.17, 15) is 14.4 Å². The van der Waals surface area contributed by atoms with E-state index in [1.54, 1.807) is 20.9 Å². The Morgan fingerprint density at radius 3 is 2.09 bits per heavy atom. The summed E-state index contributed by atoms with van der Waals surface area (Å²) in [6.45, 7) is 14.4. The number of nitrogens with one attached hydrogen (secondary N) is 1. The predicted octanol–water partition coefficient (Wildman–Crippen LogP) is 6.09. The van der Waals surface area contributed by atoms with E-state index in [1.165, 1.54) is 28.3 Å². The van der Waals surface area contributed by atoms with Crippen molar-refractivity contribution in [2.75, 3.05) is 7.05 Å². The molecule has 8 heteroatoms. The molecule has 0 unspecified atom stereocenters. The average molecular weight is 528 g/mol. The monoisotopic (exact) mass is 526 g/mol. The maximum atomic E-state index is 11.7. The number of H-pyrrole nitrogens is 1. The largest absolute Gasteiger partial charge is 0.460 e. The second kappa shape index (κ2) is 14.0. The maximum Gasteiger partial charge on any atom is 0.342 e. The lowest BCUT2D eigenvalue weighted by Gasteiger charge is -2.32. The van der Waals surface area contributed by atoms with Gasteiger partial charge in [0.1, 0.15) is 11.1 Å². The van der Waals surface area contributed by atoms with Gasteiger partial charge in [0.25, 0.3) is 0 Å². The molecule has 1 amide bonds. The second-order valence-electron chi connectivity index (χ2n) is 9.20. The molecular formula is C25H39BrN2O5. The summed E-state index contributed by atoms with van der Waals surface area (Å²) < 4.78 is 9.27. The molecule has 2 rings (SSSR count). The number of nitrogens with zero attached hydrogens (tertiary/aromatic N) is 1. The quantitative estimate of drug-likeness (QED) is 0.476. The molecule has 7 nitrogen and oxygen atoms in total. The number of aryl methyl sites for hydroxylation is 1. The van der Waals surface area contributed by atoms with Crippen LogP contribution >= 0.6 is 16.3 Å². The summed E-state index contributed by atoms with van der Waals surface area (Å²) in [7, 11) is 1.61. The molecule has 0 aliphatic heterocycles. The van der Waals surface area contributed by atoms with Crippen LogP contribution in [-0.4, -0.2) is 45.9 Å². The number of fused-ring (bicyclic) bond motifs is 1. The van der Waals surface area contributed by atoms with Crippen LogP contribution in [0.4, 0.5) is 0 Å². The number of para-hydroxylation sites is 1. The maximum absolute atomic E-state index is 11.7. The topological polar surface area (TPSA) is 88.7 Å². The predicted molar refractivity (Wildman–Crippen MR) is 136 cm³/mol. The zero-order chi connectivity index (χ0) is 25.8. The molecule has 0 atom stereocenters. The van der Waals surface area contributed by atoms with Crippen molar-refractivity contribution in [3.05, 3.63) is 36.0 Å². The standard InChI is InChI=1S/C10H18BrNO3.C9H9N.C6H12O2/c1-5-6-7-8(13)12(4)10(2,3)9(14)15-11;1-7-6-10-9-5-3-2-4-8(7)9;1-5(7)8-6(2,3)4/h5-7H2,1-4H3;2-6,10H,1H3;1-4H3. The minimum absolute atomic E-state index is 0.0419. The van der Waals surface area contributed by atoms with Gasteiger partial charge in [-0.2, -0.15) is 0 Å². The van der Waals surface area contributed by atoms with Gasteiger partial charge in [0.15, 0.2) is 16.3 Å². The van der Waals surface area contributed by atoms with Gasteiger partial charge in [-0.1, -0.05) is 31.5 Å². The Kier molecular flexibility index (Phi) is 13.0. The highest BCUT2D eigenvalue weighted by Crippen LogP contribution is 2.18. The van der Waals surface area contributed by atoms with Gasteiger partial charge in [-0.05, 0) is 59.6 Å². The summed E-state index contributed by atoms with van der Waals surface area (Å²) in [5, 5.41) is 1.32. The fraction of sp³-hybridized carbons (Fsp3) is 0.560. The number of carbonyl (C=O) groups is 3. The third kappa shape index (κ3) is 11.4. The van der Waals surface area contributed by atoms with Gasteiger partial charge < -0.3 is 18.4 Å². The van der Waals surface area contributed by atoms with Gasteiger partial charge in [-0.25, -0.2) is 4.79 Å². The molecule has 0 bridgehead atoms. The zero-order valence-electron chi connectivity index (χ0n) is 21.4. The first-order valence-electron chi connectivity index (χ1n) is 11.0. The van der Waals surface area contributed by atoms with Crippen molar-refractivity contribution in [2.24, 2.45) is 0 Å². The van der Waals surface area contributed by atoms with E-state index in [0.29, 0.717) is 6.42 Å². The number of benzene rings is 1. The fourth-order valence-corrected chi connectivity index (χ4v) is 3.08. The number of aromatic nitrogens is 1. The Morgan fingerprint density at radius 1 is 1.09 bits per heavy atom. The summed E-state index contributed by atoms with van der Waals surface area (Å²) in [6, 6.07) is 8.31. The summed E-state index contributed by atoms with van der Waals surface area (Å²) >= 11 is 2.63. The molecule has 186 valence electrons. The number of hydrogen-bond donors (Lipinski definition) is 1. The molecule has 2 aromatic rings. The molecule has 0 fully saturated rings. The van der Waals surface area contributed by atoms with Crippen LogP contribution in [0.2, 0.25) is 0 Å². The summed E-state index contributed by atoms with van der Waals surface area (Å²) in [4.78, 5) is 37.9. The summed E-state index contributed by atoms with van der Waals surface area (Å²) in [6.07, 6.45) is 4.29. The van der Waals surface area contributed by atoms with E-state index >= 15 is 0 Å². The van der Waals surface area contributed by atoms with E-state index in [4.69, 9.17) is 4.74 Å². The van der Waals surface area contributed by atoms with Gasteiger partial charge in [-0.15, -0.1) is 0 Å². The van der Waals surface area contributed by atoms with Crippen LogP contribution in [0.3, 0.4) is 0 Å². The van der Waals surface area contributed by atoms with Crippen molar-refractivity contribution in [3.8, 4) is 0 Å². The number of amides is 1.